The zero-order valence-electron chi connectivity index (χ0n) is 15.1. The van der Waals surface area contributed by atoms with Gasteiger partial charge in [0.1, 0.15) is 11.1 Å². The van der Waals surface area contributed by atoms with Gasteiger partial charge in [-0.15, -0.1) is 11.3 Å². The highest BCUT2D eigenvalue weighted by Gasteiger charge is 2.26. The average molecular weight is 417 g/mol. The van der Waals surface area contributed by atoms with Crippen molar-refractivity contribution in [3.8, 4) is 6.07 Å². The first-order valence-electron chi connectivity index (χ1n) is 8.71. The van der Waals surface area contributed by atoms with E-state index in [-0.39, 0.29) is 12.5 Å². The van der Waals surface area contributed by atoms with E-state index in [9.17, 15) is 13.2 Å². The Hall–Kier alpha value is -2.51. The number of nitrogens with one attached hydrogen (secondary N) is 1. The molecule has 0 bridgehead atoms. The summed E-state index contributed by atoms with van der Waals surface area (Å²) in [5.41, 5.74) is 1.27. The number of hydrogen-bond acceptors (Lipinski definition) is 6. The Balaban J connectivity index is 1.50. The lowest BCUT2D eigenvalue weighted by atomic mass is 10.2. The van der Waals surface area contributed by atoms with E-state index in [2.05, 4.69) is 5.32 Å². The van der Waals surface area contributed by atoms with Crippen molar-refractivity contribution in [1.82, 2.24) is 9.21 Å². The summed E-state index contributed by atoms with van der Waals surface area (Å²) in [6.07, 6.45) is 1.59. The van der Waals surface area contributed by atoms with E-state index in [4.69, 9.17) is 5.26 Å². The number of thiophene rings is 1. The summed E-state index contributed by atoms with van der Waals surface area (Å²) < 4.78 is 26.4. The molecule has 9 heteroatoms. The molecule has 0 unspecified atom stereocenters. The number of rotatable bonds is 6. The molecule has 1 aliphatic rings. The Morgan fingerprint density at radius 2 is 1.89 bits per heavy atom. The maximum Gasteiger partial charge on any atom is 0.239 e. The van der Waals surface area contributed by atoms with Crippen LogP contribution in [0.25, 0.3) is 6.08 Å². The van der Waals surface area contributed by atoms with Gasteiger partial charge in [0.15, 0.2) is 0 Å². The fourth-order valence-corrected chi connectivity index (χ4v) is 4.75. The summed E-state index contributed by atoms with van der Waals surface area (Å²) in [4.78, 5) is 14.1. The Labute approximate surface area is 168 Å². The molecule has 0 saturated carbocycles. The first-order chi connectivity index (χ1) is 13.5. The summed E-state index contributed by atoms with van der Waals surface area (Å²) in [7, 11) is -3.49. The number of carbonyl (C=O) groups excluding carboxylic acids is 1. The number of amides is 1. The van der Waals surface area contributed by atoms with E-state index in [0.717, 1.165) is 5.56 Å². The molecule has 3 rings (SSSR count). The molecule has 1 aromatic carbocycles. The summed E-state index contributed by atoms with van der Waals surface area (Å²) in [6.45, 7) is 1.77. The Morgan fingerprint density at radius 3 is 2.57 bits per heavy atom. The molecule has 1 amide bonds. The highest BCUT2D eigenvalue weighted by Crippen LogP contribution is 2.22. The van der Waals surface area contributed by atoms with E-state index in [1.807, 2.05) is 41.3 Å². The maximum absolute atomic E-state index is 12.5. The third-order valence-electron chi connectivity index (χ3n) is 4.33. The van der Waals surface area contributed by atoms with Crippen LogP contribution in [0.15, 0.2) is 47.2 Å². The Morgan fingerprint density at radius 1 is 1.18 bits per heavy atom. The fourth-order valence-electron chi connectivity index (χ4n) is 2.82. The van der Waals surface area contributed by atoms with Crippen LogP contribution < -0.4 is 5.32 Å². The van der Waals surface area contributed by atoms with Crippen LogP contribution in [0.5, 0.6) is 0 Å². The molecule has 1 aromatic heterocycles. The first kappa shape index (κ1) is 20.2. The van der Waals surface area contributed by atoms with Gasteiger partial charge in [0, 0.05) is 31.6 Å². The van der Waals surface area contributed by atoms with E-state index >= 15 is 0 Å². The zero-order valence-corrected chi connectivity index (χ0v) is 16.7. The second-order valence-corrected chi connectivity index (χ2v) is 8.99. The van der Waals surface area contributed by atoms with Crippen molar-refractivity contribution in [1.29, 1.82) is 5.26 Å². The molecule has 2 aromatic rings. The third-order valence-corrected chi connectivity index (χ3v) is 6.72. The molecule has 1 saturated heterocycles. The number of benzene rings is 1. The van der Waals surface area contributed by atoms with Gasteiger partial charge in [-0.25, -0.2) is 8.42 Å². The van der Waals surface area contributed by atoms with Crippen molar-refractivity contribution in [2.24, 2.45) is 0 Å². The van der Waals surface area contributed by atoms with Crippen molar-refractivity contribution < 1.29 is 13.2 Å². The van der Waals surface area contributed by atoms with Crippen molar-refractivity contribution in [3.63, 3.8) is 0 Å². The minimum atomic E-state index is -3.49. The molecule has 0 radical (unpaired) electrons. The predicted molar refractivity (Wildman–Crippen MR) is 110 cm³/mol. The van der Waals surface area contributed by atoms with Gasteiger partial charge in [-0.05, 0) is 23.1 Å². The molecule has 0 aliphatic carbocycles. The van der Waals surface area contributed by atoms with Gasteiger partial charge in [0.2, 0.25) is 15.9 Å². The summed E-state index contributed by atoms with van der Waals surface area (Å²) in [5.74, 6) is -0.209. The summed E-state index contributed by atoms with van der Waals surface area (Å²) in [6, 6.07) is 13.0. The van der Waals surface area contributed by atoms with Crippen LogP contribution in [0.3, 0.4) is 0 Å². The van der Waals surface area contributed by atoms with Crippen molar-refractivity contribution >= 4 is 38.3 Å². The van der Waals surface area contributed by atoms with Crippen LogP contribution in [0.4, 0.5) is 5.00 Å². The van der Waals surface area contributed by atoms with Crippen LogP contribution in [0.1, 0.15) is 11.1 Å². The first-order valence-corrected chi connectivity index (χ1v) is 11.1. The van der Waals surface area contributed by atoms with Crippen molar-refractivity contribution in [2.45, 2.75) is 0 Å². The topological polar surface area (TPSA) is 93.5 Å². The van der Waals surface area contributed by atoms with Gasteiger partial charge in [-0.2, -0.15) is 9.57 Å². The predicted octanol–water partition coefficient (Wildman–Crippen LogP) is 2.18. The van der Waals surface area contributed by atoms with Crippen molar-refractivity contribution in [3.05, 3.63) is 58.3 Å². The van der Waals surface area contributed by atoms with E-state index in [0.29, 0.717) is 36.7 Å². The molecule has 1 aliphatic heterocycles. The second kappa shape index (κ2) is 9.12. The normalized spacial score (nSPS) is 16.1. The molecular formula is C19H20N4O3S2. The van der Waals surface area contributed by atoms with Gasteiger partial charge >= 0.3 is 0 Å². The molecule has 0 atom stereocenters. The monoisotopic (exact) mass is 416 g/mol. The quantitative estimate of drug-likeness (QED) is 0.779. The second-order valence-electron chi connectivity index (χ2n) is 6.26. The van der Waals surface area contributed by atoms with Gasteiger partial charge in [-0.1, -0.05) is 30.3 Å². The molecule has 2 heterocycles. The lowest BCUT2D eigenvalue weighted by molar-refractivity contribution is -0.117. The molecule has 7 nitrogen and oxygen atoms in total. The number of carbonyl (C=O) groups is 1. The van der Waals surface area contributed by atoms with Crippen LogP contribution >= 0.6 is 11.3 Å². The lowest BCUT2D eigenvalue weighted by Crippen LogP contribution is -2.49. The number of piperazine rings is 1. The van der Waals surface area contributed by atoms with Crippen LogP contribution in [0, 0.1) is 11.3 Å². The van der Waals surface area contributed by atoms with Crippen LogP contribution in [0.2, 0.25) is 0 Å². The number of nitriles is 1. The van der Waals surface area contributed by atoms with E-state index in [1.54, 1.807) is 17.5 Å². The van der Waals surface area contributed by atoms with Crippen LogP contribution in [-0.4, -0.2) is 56.3 Å². The van der Waals surface area contributed by atoms with E-state index in [1.165, 1.54) is 21.1 Å². The lowest BCUT2D eigenvalue weighted by Gasteiger charge is -2.32. The molecule has 0 spiro atoms. The number of sulfonamides is 1. The summed E-state index contributed by atoms with van der Waals surface area (Å²) in [5, 5.41) is 15.3. The molecule has 1 fully saturated rings. The Kier molecular flexibility index (Phi) is 6.59. The summed E-state index contributed by atoms with van der Waals surface area (Å²) >= 11 is 1.30. The molecule has 1 N–H and O–H groups in total. The number of anilines is 1. The number of nitrogens with zero attached hydrogens (tertiary/aromatic N) is 3. The fraction of sp³-hybridized carbons (Fsp3) is 0.263. The smallest absolute Gasteiger partial charge is 0.239 e. The minimum absolute atomic E-state index is 0.163. The molecule has 146 valence electrons. The molecule has 28 heavy (non-hydrogen) atoms. The van der Waals surface area contributed by atoms with E-state index < -0.39 is 10.0 Å². The largest absolute Gasteiger partial charge is 0.315 e. The van der Waals surface area contributed by atoms with Gasteiger partial charge in [0.25, 0.3) is 0 Å². The van der Waals surface area contributed by atoms with Gasteiger partial charge < -0.3 is 5.32 Å². The molecular weight excluding hydrogens is 396 g/mol. The standard InChI is InChI=1S/C19H20N4O3S2/c20-14-17-6-12-27-19(17)21-18(24)15-22-8-10-23(11-9-22)28(25,26)13-7-16-4-2-1-3-5-16/h1-7,12-13H,8-11,15H2,(H,21,24). The zero-order chi connectivity index (χ0) is 20.0. The Bertz CT molecular complexity index is 986. The SMILES string of the molecule is N#Cc1ccsc1NC(=O)CN1CCN(S(=O)(=O)C=Cc2ccccc2)CC1. The highest BCUT2D eigenvalue weighted by molar-refractivity contribution is 7.92. The van der Waals surface area contributed by atoms with Gasteiger partial charge in [-0.3, -0.25) is 9.69 Å². The van der Waals surface area contributed by atoms with Gasteiger partial charge in [0.05, 0.1) is 12.1 Å². The van der Waals surface area contributed by atoms with Crippen LogP contribution in [-0.2, 0) is 14.8 Å². The third kappa shape index (κ3) is 5.27. The van der Waals surface area contributed by atoms with Crippen molar-refractivity contribution in [2.75, 3.05) is 38.0 Å². The maximum atomic E-state index is 12.5. The number of hydrogen-bond donors (Lipinski definition) is 1. The average Bonchev–Trinajstić information content (AvgIpc) is 3.14. The minimum Gasteiger partial charge on any atom is -0.315 e. The highest BCUT2D eigenvalue weighted by atomic mass is 32.2.